The summed E-state index contributed by atoms with van der Waals surface area (Å²) < 4.78 is 0. The predicted octanol–water partition coefficient (Wildman–Crippen LogP) is 1.39. The van der Waals surface area contributed by atoms with Crippen LogP contribution in [0.3, 0.4) is 0 Å². The van der Waals surface area contributed by atoms with Gasteiger partial charge in [-0.15, -0.1) is 0 Å². The number of aryl methyl sites for hydroxylation is 2. The molecule has 4 heteroatoms. The van der Waals surface area contributed by atoms with Gasteiger partial charge in [0.05, 0.1) is 0 Å². The monoisotopic (exact) mass is 222 g/mol. The van der Waals surface area contributed by atoms with Gasteiger partial charge in [-0.25, -0.2) is 0 Å². The molecule has 0 aromatic heterocycles. The molecule has 0 aliphatic rings. The molecule has 0 aliphatic carbocycles. The van der Waals surface area contributed by atoms with E-state index < -0.39 is 12.0 Å². The molecular formula is C12H18N2O2. The second-order valence-corrected chi connectivity index (χ2v) is 3.86. The van der Waals surface area contributed by atoms with Gasteiger partial charge < -0.3 is 15.7 Å². The number of hydrogen-bond acceptors (Lipinski definition) is 3. The molecule has 0 heterocycles. The molecule has 3 N–H and O–H groups in total. The summed E-state index contributed by atoms with van der Waals surface area (Å²) in [7, 11) is 1.64. The van der Waals surface area contributed by atoms with Crippen LogP contribution in [0.5, 0.6) is 0 Å². The summed E-state index contributed by atoms with van der Waals surface area (Å²) in [5.74, 6) is -0.848. The van der Waals surface area contributed by atoms with E-state index in [1.807, 2.05) is 32.0 Å². The van der Waals surface area contributed by atoms with Crippen molar-refractivity contribution in [1.82, 2.24) is 5.32 Å². The van der Waals surface area contributed by atoms with Crippen LogP contribution in [0.15, 0.2) is 18.2 Å². The van der Waals surface area contributed by atoms with Crippen molar-refractivity contribution >= 4 is 11.7 Å². The first-order chi connectivity index (χ1) is 7.54. The van der Waals surface area contributed by atoms with Crippen LogP contribution in [-0.2, 0) is 4.79 Å². The van der Waals surface area contributed by atoms with E-state index in [0.29, 0.717) is 6.54 Å². The van der Waals surface area contributed by atoms with Crippen molar-refractivity contribution in [2.45, 2.75) is 19.9 Å². The zero-order valence-electron chi connectivity index (χ0n) is 9.87. The van der Waals surface area contributed by atoms with Gasteiger partial charge in [0.15, 0.2) is 0 Å². The van der Waals surface area contributed by atoms with E-state index in [0.717, 1.165) is 5.69 Å². The van der Waals surface area contributed by atoms with Crippen molar-refractivity contribution in [3.05, 3.63) is 29.3 Å². The number of benzene rings is 1. The Kier molecular flexibility index (Phi) is 4.31. The smallest absolute Gasteiger partial charge is 0.322 e. The molecule has 0 bridgehead atoms. The molecule has 1 aromatic rings. The Morgan fingerprint density at radius 1 is 1.38 bits per heavy atom. The van der Waals surface area contributed by atoms with Crippen LogP contribution in [0.25, 0.3) is 0 Å². The standard InChI is InChI=1S/C12H18N2O2/c1-8-4-5-10(6-9(8)2)14-7-11(13-3)12(15)16/h4-6,11,13-14H,7H2,1-3H3,(H,15,16). The Morgan fingerprint density at radius 2 is 2.06 bits per heavy atom. The molecular weight excluding hydrogens is 204 g/mol. The molecule has 1 unspecified atom stereocenters. The van der Waals surface area contributed by atoms with Crippen LogP contribution >= 0.6 is 0 Å². The molecule has 1 aromatic carbocycles. The van der Waals surface area contributed by atoms with Crippen LogP contribution in [0.1, 0.15) is 11.1 Å². The van der Waals surface area contributed by atoms with E-state index in [1.165, 1.54) is 11.1 Å². The van der Waals surface area contributed by atoms with E-state index in [1.54, 1.807) is 7.05 Å². The molecule has 4 nitrogen and oxygen atoms in total. The zero-order chi connectivity index (χ0) is 12.1. The Labute approximate surface area is 95.7 Å². The molecule has 0 radical (unpaired) electrons. The number of likely N-dealkylation sites (N-methyl/N-ethyl adjacent to an activating group) is 1. The predicted molar refractivity (Wildman–Crippen MR) is 64.9 cm³/mol. The van der Waals surface area contributed by atoms with Crippen molar-refractivity contribution in [1.29, 1.82) is 0 Å². The average molecular weight is 222 g/mol. The third-order valence-electron chi connectivity index (χ3n) is 2.66. The topological polar surface area (TPSA) is 61.4 Å². The highest BCUT2D eigenvalue weighted by Gasteiger charge is 2.13. The summed E-state index contributed by atoms with van der Waals surface area (Å²) in [6, 6.07) is 5.43. The molecule has 88 valence electrons. The summed E-state index contributed by atoms with van der Waals surface area (Å²) in [5, 5.41) is 14.7. The first kappa shape index (κ1) is 12.5. The summed E-state index contributed by atoms with van der Waals surface area (Å²) >= 11 is 0. The first-order valence-electron chi connectivity index (χ1n) is 5.25. The first-order valence-corrected chi connectivity index (χ1v) is 5.25. The minimum absolute atomic E-state index is 0.369. The van der Waals surface area contributed by atoms with Crippen LogP contribution in [0, 0.1) is 13.8 Å². The van der Waals surface area contributed by atoms with E-state index in [9.17, 15) is 4.79 Å². The second kappa shape index (κ2) is 5.51. The van der Waals surface area contributed by atoms with Gasteiger partial charge in [-0.3, -0.25) is 4.79 Å². The van der Waals surface area contributed by atoms with E-state index in [2.05, 4.69) is 10.6 Å². The highest BCUT2D eigenvalue weighted by Crippen LogP contribution is 2.13. The molecule has 0 aliphatic heterocycles. The minimum atomic E-state index is -0.848. The molecule has 0 saturated carbocycles. The number of rotatable bonds is 5. The van der Waals surface area contributed by atoms with Crippen molar-refractivity contribution in [2.75, 3.05) is 18.9 Å². The Morgan fingerprint density at radius 3 is 2.56 bits per heavy atom. The maximum absolute atomic E-state index is 10.8. The highest BCUT2D eigenvalue weighted by molar-refractivity contribution is 5.74. The van der Waals surface area contributed by atoms with E-state index in [-0.39, 0.29) is 0 Å². The van der Waals surface area contributed by atoms with E-state index >= 15 is 0 Å². The Hall–Kier alpha value is -1.55. The lowest BCUT2D eigenvalue weighted by Crippen LogP contribution is -2.39. The van der Waals surface area contributed by atoms with Crippen molar-refractivity contribution in [3.63, 3.8) is 0 Å². The fourth-order valence-electron chi connectivity index (χ4n) is 1.38. The lowest BCUT2D eigenvalue weighted by molar-refractivity contribution is -0.138. The molecule has 16 heavy (non-hydrogen) atoms. The molecule has 1 atom stereocenters. The largest absolute Gasteiger partial charge is 0.480 e. The Bertz CT molecular complexity index is 377. The Balaban J connectivity index is 2.60. The summed E-state index contributed by atoms with van der Waals surface area (Å²) in [6.45, 7) is 4.45. The number of nitrogens with one attached hydrogen (secondary N) is 2. The second-order valence-electron chi connectivity index (χ2n) is 3.86. The van der Waals surface area contributed by atoms with Crippen LogP contribution in [0.4, 0.5) is 5.69 Å². The quantitative estimate of drug-likeness (QED) is 0.704. The fraction of sp³-hybridized carbons (Fsp3) is 0.417. The normalized spacial score (nSPS) is 12.2. The fourth-order valence-corrected chi connectivity index (χ4v) is 1.38. The van der Waals surface area contributed by atoms with Crippen molar-refractivity contribution < 1.29 is 9.90 Å². The molecule has 0 fully saturated rings. The summed E-state index contributed by atoms with van der Waals surface area (Å²) in [4.78, 5) is 10.8. The number of carbonyl (C=O) groups is 1. The van der Waals surface area contributed by atoms with Gasteiger partial charge >= 0.3 is 5.97 Å². The maximum Gasteiger partial charge on any atom is 0.322 e. The molecule has 0 spiro atoms. The van der Waals surface area contributed by atoms with Gasteiger partial charge in [-0.05, 0) is 44.2 Å². The average Bonchev–Trinajstić information content (AvgIpc) is 2.23. The van der Waals surface area contributed by atoms with Gasteiger partial charge in [0.2, 0.25) is 0 Å². The lowest BCUT2D eigenvalue weighted by Gasteiger charge is -2.14. The van der Waals surface area contributed by atoms with Crippen molar-refractivity contribution in [2.24, 2.45) is 0 Å². The third kappa shape index (κ3) is 3.24. The molecule has 1 rings (SSSR count). The summed E-state index contributed by atoms with van der Waals surface area (Å²) in [5.41, 5.74) is 3.37. The van der Waals surface area contributed by atoms with Gasteiger partial charge in [0, 0.05) is 12.2 Å². The van der Waals surface area contributed by atoms with Gasteiger partial charge in [-0.1, -0.05) is 6.07 Å². The number of carboxylic acid groups (broad SMARTS) is 1. The van der Waals surface area contributed by atoms with Gasteiger partial charge in [0.25, 0.3) is 0 Å². The molecule has 0 saturated heterocycles. The van der Waals surface area contributed by atoms with Crippen LogP contribution in [0.2, 0.25) is 0 Å². The third-order valence-corrected chi connectivity index (χ3v) is 2.66. The van der Waals surface area contributed by atoms with Gasteiger partial charge in [0.1, 0.15) is 6.04 Å². The maximum atomic E-state index is 10.8. The number of anilines is 1. The van der Waals surface area contributed by atoms with Crippen LogP contribution in [-0.4, -0.2) is 30.7 Å². The zero-order valence-corrected chi connectivity index (χ0v) is 9.87. The van der Waals surface area contributed by atoms with Crippen LogP contribution < -0.4 is 10.6 Å². The van der Waals surface area contributed by atoms with Crippen molar-refractivity contribution in [3.8, 4) is 0 Å². The lowest BCUT2D eigenvalue weighted by atomic mass is 10.1. The van der Waals surface area contributed by atoms with Gasteiger partial charge in [-0.2, -0.15) is 0 Å². The molecule has 0 amide bonds. The number of carboxylic acids is 1. The number of hydrogen-bond donors (Lipinski definition) is 3. The SMILES string of the molecule is CNC(CNc1ccc(C)c(C)c1)C(=O)O. The minimum Gasteiger partial charge on any atom is -0.480 e. The number of aliphatic carboxylic acids is 1. The highest BCUT2D eigenvalue weighted by atomic mass is 16.4. The summed E-state index contributed by atoms with van der Waals surface area (Å²) in [6.07, 6.45) is 0. The van der Waals surface area contributed by atoms with E-state index in [4.69, 9.17) is 5.11 Å².